The molecule has 0 spiro atoms. The predicted octanol–water partition coefficient (Wildman–Crippen LogP) is 3.82. The first-order valence-corrected chi connectivity index (χ1v) is 6.06. The molecular formula is C14H25N. The summed E-state index contributed by atoms with van der Waals surface area (Å²) in [5.41, 5.74) is 3.29. The molecule has 0 amide bonds. The first kappa shape index (κ1) is 12.5. The third-order valence-electron chi connectivity index (χ3n) is 3.12. The van der Waals surface area contributed by atoms with Crippen LogP contribution in [0, 0.1) is 0 Å². The summed E-state index contributed by atoms with van der Waals surface area (Å²) in [6.07, 6.45) is 9.52. The molecule has 0 radical (unpaired) electrons. The van der Waals surface area contributed by atoms with Crippen molar-refractivity contribution in [3.63, 3.8) is 0 Å². The van der Waals surface area contributed by atoms with Crippen molar-refractivity contribution in [2.24, 2.45) is 0 Å². The van der Waals surface area contributed by atoms with Crippen molar-refractivity contribution in [1.29, 1.82) is 0 Å². The molecule has 0 fully saturated rings. The number of nitrogens with one attached hydrogen (secondary N) is 1. The van der Waals surface area contributed by atoms with Gasteiger partial charge >= 0.3 is 0 Å². The smallest absolute Gasteiger partial charge is 0.0159 e. The molecule has 1 aliphatic rings. The Labute approximate surface area is 94.6 Å². The highest BCUT2D eigenvalue weighted by molar-refractivity contribution is 5.07. The molecule has 0 bridgehead atoms. The SMILES string of the molecule is C/C1=C\CC(C)(C)NCC/C(C)=C/CC1. The van der Waals surface area contributed by atoms with Gasteiger partial charge in [0.1, 0.15) is 0 Å². The minimum atomic E-state index is 0.242. The van der Waals surface area contributed by atoms with Gasteiger partial charge in [-0.3, -0.25) is 0 Å². The zero-order valence-corrected chi connectivity index (χ0v) is 10.7. The Morgan fingerprint density at radius 2 is 1.73 bits per heavy atom. The molecule has 0 saturated heterocycles. The van der Waals surface area contributed by atoms with Gasteiger partial charge in [-0.15, -0.1) is 0 Å². The van der Waals surface area contributed by atoms with Crippen LogP contribution in [0.3, 0.4) is 0 Å². The molecular weight excluding hydrogens is 182 g/mol. The van der Waals surface area contributed by atoms with E-state index in [0.29, 0.717) is 0 Å². The molecule has 0 aromatic heterocycles. The average molecular weight is 207 g/mol. The topological polar surface area (TPSA) is 12.0 Å². The minimum Gasteiger partial charge on any atom is -0.311 e. The van der Waals surface area contributed by atoms with Crippen LogP contribution in [0.2, 0.25) is 0 Å². The molecule has 1 rings (SSSR count). The Hall–Kier alpha value is -0.560. The van der Waals surface area contributed by atoms with Gasteiger partial charge in [0.2, 0.25) is 0 Å². The normalized spacial score (nSPS) is 30.7. The fraction of sp³-hybridized carbons (Fsp3) is 0.714. The lowest BCUT2D eigenvalue weighted by atomic mass is 9.98. The molecule has 0 saturated carbocycles. The van der Waals surface area contributed by atoms with E-state index in [4.69, 9.17) is 0 Å². The predicted molar refractivity (Wildman–Crippen MR) is 68.1 cm³/mol. The van der Waals surface area contributed by atoms with Crippen molar-refractivity contribution in [1.82, 2.24) is 5.32 Å². The van der Waals surface area contributed by atoms with Crippen LogP contribution < -0.4 is 5.32 Å². The first-order chi connectivity index (χ1) is 6.99. The molecule has 0 aliphatic carbocycles. The van der Waals surface area contributed by atoms with Gasteiger partial charge in [0.25, 0.3) is 0 Å². The lowest BCUT2D eigenvalue weighted by Gasteiger charge is -2.25. The van der Waals surface area contributed by atoms with Crippen LogP contribution in [0.5, 0.6) is 0 Å². The average Bonchev–Trinajstić information content (AvgIpc) is 2.15. The largest absolute Gasteiger partial charge is 0.311 e. The van der Waals surface area contributed by atoms with Gasteiger partial charge < -0.3 is 5.32 Å². The van der Waals surface area contributed by atoms with E-state index in [2.05, 4.69) is 45.2 Å². The standard InChI is InChI=1S/C14H25N/c1-12-6-5-7-13(2)9-11-15-14(3,4)10-8-12/h7-8,15H,5-6,9-11H2,1-4H3/b12-8+,13-7+. The maximum atomic E-state index is 3.62. The Morgan fingerprint density at radius 1 is 1.07 bits per heavy atom. The summed E-state index contributed by atoms with van der Waals surface area (Å²) in [6.45, 7) is 10.2. The second-order valence-electron chi connectivity index (χ2n) is 5.40. The van der Waals surface area contributed by atoms with Crippen LogP contribution in [0.25, 0.3) is 0 Å². The van der Waals surface area contributed by atoms with E-state index >= 15 is 0 Å². The molecule has 0 aromatic rings. The lowest BCUT2D eigenvalue weighted by molar-refractivity contribution is 0.395. The Kier molecular flexibility index (Phi) is 4.59. The quantitative estimate of drug-likeness (QED) is 0.595. The third kappa shape index (κ3) is 5.17. The van der Waals surface area contributed by atoms with Crippen molar-refractivity contribution < 1.29 is 0 Å². The highest BCUT2D eigenvalue weighted by Crippen LogP contribution is 2.16. The molecule has 0 aromatic carbocycles. The van der Waals surface area contributed by atoms with Gasteiger partial charge in [-0.1, -0.05) is 23.3 Å². The molecule has 1 aliphatic heterocycles. The Bertz CT molecular complexity index is 259. The van der Waals surface area contributed by atoms with Crippen molar-refractivity contribution >= 4 is 0 Å². The van der Waals surface area contributed by atoms with Crippen LogP contribution in [0.15, 0.2) is 23.3 Å². The third-order valence-corrected chi connectivity index (χ3v) is 3.12. The summed E-state index contributed by atoms with van der Waals surface area (Å²) in [7, 11) is 0. The van der Waals surface area contributed by atoms with Crippen molar-refractivity contribution in [2.75, 3.05) is 6.54 Å². The molecule has 0 atom stereocenters. The second kappa shape index (κ2) is 5.50. The maximum absolute atomic E-state index is 3.62. The molecule has 15 heavy (non-hydrogen) atoms. The van der Waals surface area contributed by atoms with Crippen LogP contribution in [-0.4, -0.2) is 12.1 Å². The summed E-state index contributed by atoms with van der Waals surface area (Å²) in [5, 5.41) is 3.62. The van der Waals surface area contributed by atoms with E-state index in [9.17, 15) is 0 Å². The van der Waals surface area contributed by atoms with Crippen molar-refractivity contribution in [3.05, 3.63) is 23.3 Å². The van der Waals surface area contributed by atoms with Crippen LogP contribution in [0.4, 0.5) is 0 Å². The highest BCUT2D eigenvalue weighted by Gasteiger charge is 2.15. The number of allylic oxidation sites excluding steroid dienone is 2. The zero-order valence-electron chi connectivity index (χ0n) is 10.7. The van der Waals surface area contributed by atoms with Crippen LogP contribution in [0.1, 0.15) is 53.4 Å². The number of hydrogen-bond acceptors (Lipinski definition) is 1. The monoisotopic (exact) mass is 207 g/mol. The Morgan fingerprint density at radius 3 is 2.47 bits per heavy atom. The van der Waals surface area contributed by atoms with E-state index in [0.717, 1.165) is 13.0 Å². The maximum Gasteiger partial charge on any atom is 0.0159 e. The summed E-state index contributed by atoms with van der Waals surface area (Å²) in [4.78, 5) is 0. The van der Waals surface area contributed by atoms with Gasteiger partial charge in [-0.25, -0.2) is 0 Å². The summed E-state index contributed by atoms with van der Waals surface area (Å²) in [5.74, 6) is 0. The zero-order chi connectivity index (χ0) is 11.3. The summed E-state index contributed by atoms with van der Waals surface area (Å²) < 4.78 is 0. The van der Waals surface area contributed by atoms with Gasteiger partial charge in [0.05, 0.1) is 0 Å². The molecule has 1 N–H and O–H groups in total. The molecule has 1 nitrogen and oxygen atoms in total. The summed E-state index contributed by atoms with van der Waals surface area (Å²) in [6, 6.07) is 0. The van der Waals surface area contributed by atoms with Crippen LogP contribution in [-0.2, 0) is 0 Å². The summed E-state index contributed by atoms with van der Waals surface area (Å²) >= 11 is 0. The first-order valence-electron chi connectivity index (χ1n) is 6.06. The highest BCUT2D eigenvalue weighted by atomic mass is 14.9. The van der Waals surface area contributed by atoms with Gasteiger partial charge in [0, 0.05) is 5.54 Å². The fourth-order valence-corrected chi connectivity index (χ4v) is 1.85. The van der Waals surface area contributed by atoms with E-state index in [-0.39, 0.29) is 5.54 Å². The van der Waals surface area contributed by atoms with Gasteiger partial charge in [-0.05, 0) is 59.9 Å². The van der Waals surface area contributed by atoms with Gasteiger partial charge in [0.15, 0.2) is 0 Å². The van der Waals surface area contributed by atoms with Crippen molar-refractivity contribution in [3.8, 4) is 0 Å². The number of hydrogen-bond donors (Lipinski definition) is 1. The fourth-order valence-electron chi connectivity index (χ4n) is 1.85. The number of rotatable bonds is 0. The molecule has 1 heterocycles. The van der Waals surface area contributed by atoms with E-state index in [1.807, 2.05) is 0 Å². The van der Waals surface area contributed by atoms with E-state index < -0.39 is 0 Å². The molecule has 1 heteroatoms. The van der Waals surface area contributed by atoms with Crippen molar-refractivity contribution in [2.45, 2.75) is 58.9 Å². The second-order valence-corrected chi connectivity index (χ2v) is 5.40. The van der Waals surface area contributed by atoms with E-state index in [1.165, 1.54) is 30.4 Å². The van der Waals surface area contributed by atoms with Gasteiger partial charge in [-0.2, -0.15) is 0 Å². The minimum absolute atomic E-state index is 0.242. The lowest BCUT2D eigenvalue weighted by Crippen LogP contribution is -2.39. The molecule has 86 valence electrons. The Balaban J connectivity index is 2.66. The van der Waals surface area contributed by atoms with E-state index in [1.54, 1.807) is 0 Å². The molecule has 0 unspecified atom stereocenters. The van der Waals surface area contributed by atoms with Crippen LogP contribution >= 0.6 is 0 Å².